The molecular weight excluding hydrogens is 568 g/mol. The smallest absolute Gasteiger partial charge is 0.266 e. The van der Waals surface area contributed by atoms with E-state index in [9.17, 15) is 10.1 Å². The van der Waals surface area contributed by atoms with Gasteiger partial charge in [0.1, 0.15) is 30.6 Å². The second-order valence-corrected chi connectivity index (χ2v) is 9.89. The predicted molar refractivity (Wildman–Crippen MR) is 160 cm³/mol. The minimum Gasteiger partial charge on any atom is -0.490 e. The van der Waals surface area contributed by atoms with E-state index in [4.69, 9.17) is 14.2 Å². The van der Waals surface area contributed by atoms with Gasteiger partial charge in [0.2, 0.25) is 0 Å². The number of ether oxygens (including phenoxy) is 3. The average Bonchev–Trinajstić information content (AvgIpc) is 2.97. The Morgan fingerprint density at radius 3 is 2.15 bits per heavy atom. The Kier molecular flexibility index (Phi) is 9.98. The van der Waals surface area contributed by atoms with Gasteiger partial charge in [0.25, 0.3) is 5.91 Å². The van der Waals surface area contributed by atoms with Crippen LogP contribution in [0.2, 0.25) is 0 Å². The third-order valence-corrected chi connectivity index (χ3v) is 6.42. The molecule has 0 spiro atoms. The predicted octanol–water partition coefficient (Wildman–Crippen LogP) is 7.86. The molecule has 0 saturated heterocycles. The third-order valence-electron chi connectivity index (χ3n) is 5.89. The van der Waals surface area contributed by atoms with Crippen LogP contribution in [-0.2, 0) is 18.0 Å². The van der Waals surface area contributed by atoms with E-state index in [0.29, 0.717) is 48.3 Å². The van der Waals surface area contributed by atoms with E-state index >= 15 is 0 Å². The Hall–Kier alpha value is -4.54. The molecule has 0 saturated carbocycles. The number of halogens is 1. The zero-order valence-corrected chi connectivity index (χ0v) is 23.9. The normalized spacial score (nSPS) is 10.9. The minimum atomic E-state index is -0.510. The highest BCUT2D eigenvalue weighted by Crippen LogP contribution is 2.30. The van der Waals surface area contributed by atoms with Crippen LogP contribution in [-0.4, -0.2) is 12.5 Å². The largest absolute Gasteiger partial charge is 0.490 e. The first-order valence-corrected chi connectivity index (χ1v) is 13.6. The van der Waals surface area contributed by atoms with Crippen molar-refractivity contribution in [2.24, 2.45) is 0 Å². The van der Waals surface area contributed by atoms with Crippen LogP contribution < -0.4 is 19.5 Å². The molecule has 0 aliphatic rings. The molecule has 4 rings (SSSR count). The third kappa shape index (κ3) is 8.23. The quantitative estimate of drug-likeness (QED) is 0.141. The Balaban J connectivity index is 1.39. The first kappa shape index (κ1) is 28.5. The SMILES string of the molecule is CCOc1cc(/C=C(\C#N)C(=O)Nc2ccc(OCc3ccc(Br)cc3)cc2)ccc1OCc1ccc(C)cc1. The highest BCUT2D eigenvalue weighted by Gasteiger charge is 2.12. The summed E-state index contributed by atoms with van der Waals surface area (Å²) in [6, 6.07) is 30.3. The zero-order chi connectivity index (χ0) is 28.3. The number of rotatable bonds is 11. The van der Waals surface area contributed by atoms with Gasteiger partial charge in [-0.05, 0) is 85.1 Å². The number of hydrogen-bond acceptors (Lipinski definition) is 5. The van der Waals surface area contributed by atoms with Gasteiger partial charge in [-0.2, -0.15) is 5.26 Å². The summed E-state index contributed by atoms with van der Waals surface area (Å²) in [5, 5.41) is 12.4. The molecule has 202 valence electrons. The van der Waals surface area contributed by atoms with Crippen LogP contribution >= 0.6 is 15.9 Å². The lowest BCUT2D eigenvalue weighted by atomic mass is 10.1. The lowest BCUT2D eigenvalue weighted by Crippen LogP contribution is -2.13. The number of carbonyl (C=O) groups is 1. The molecule has 0 aliphatic carbocycles. The summed E-state index contributed by atoms with van der Waals surface area (Å²) in [5.74, 6) is 1.29. The van der Waals surface area contributed by atoms with Gasteiger partial charge >= 0.3 is 0 Å². The summed E-state index contributed by atoms with van der Waals surface area (Å²) in [7, 11) is 0. The molecule has 1 N–H and O–H groups in total. The van der Waals surface area contributed by atoms with Crippen LogP contribution in [0.15, 0.2) is 101 Å². The maximum atomic E-state index is 12.8. The van der Waals surface area contributed by atoms with Crippen molar-refractivity contribution in [1.29, 1.82) is 5.26 Å². The van der Waals surface area contributed by atoms with Crippen molar-refractivity contribution in [2.75, 3.05) is 11.9 Å². The number of aryl methyl sites for hydroxylation is 1. The van der Waals surface area contributed by atoms with Crippen LogP contribution in [0.5, 0.6) is 17.2 Å². The minimum absolute atomic E-state index is 0.0358. The fraction of sp³-hybridized carbons (Fsp3) is 0.152. The summed E-state index contributed by atoms with van der Waals surface area (Å²) >= 11 is 3.42. The van der Waals surface area contributed by atoms with Gasteiger partial charge in [0.05, 0.1) is 6.61 Å². The van der Waals surface area contributed by atoms with Gasteiger partial charge in [-0.3, -0.25) is 4.79 Å². The monoisotopic (exact) mass is 596 g/mol. The van der Waals surface area contributed by atoms with E-state index < -0.39 is 5.91 Å². The van der Waals surface area contributed by atoms with Gasteiger partial charge in [0, 0.05) is 10.2 Å². The summed E-state index contributed by atoms with van der Waals surface area (Å²) in [5.41, 5.74) is 4.44. The lowest BCUT2D eigenvalue weighted by molar-refractivity contribution is -0.112. The number of benzene rings is 4. The van der Waals surface area contributed by atoms with Crippen LogP contribution in [0, 0.1) is 18.3 Å². The first-order chi connectivity index (χ1) is 19.4. The molecular formula is C33H29BrN2O4. The van der Waals surface area contributed by atoms with E-state index in [1.54, 1.807) is 42.5 Å². The number of anilines is 1. The molecule has 1 amide bonds. The van der Waals surface area contributed by atoms with Gasteiger partial charge < -0.3 is 19.5 Å². The molecule has 0 aliphatic heterocycles. The van der Waals surface area contributed by atoms with Crippen molar-refractivity contribution in [1.82, 2.24) is 0 Å². The second kappa shape index (κ2) is 14.0. The molecule has 6 nitrogen and oxygen atoms in total. The van der Waals surface area contributed by atoms with E-state index in [2.05, 4.69) is 21.2 Å². The van der Waals surface area contributed by atoms with Crippen LogP contribution in [0.25, 0.3) is 6.08 Å². The van der Waals surface area contributed by atoms with E-state index in [1.165, 1.54) is 11.6 Å². The maximum absolute atomic E-state index is 12.8. The molecule has 0 unspecified atom stereocenters. The number of hydrogen-bond donors (Lipinski definition) is 1. The summed E-state index contributed by atoms with van der Waals surface area (Å²) < 4.78 is 18.6. The van der Waals surface area contributed by atoms with Gasteiger partial charge in [-0.15, -0.1) is 0 Å². The topological polar surface area (TPSA) is 80.6 Å². The standard InChI is InChI=1S/C33H29BrN2O4/c1-3-38-32-19-26(10-17-31(32)40-22-24-6-4-23(2)5-7-24)18-27(20-35)33(37)36-29-13-15-30(16-14-29)39-21-25-8-11-28(34)12-9-25/h4-19H,3,21-22H2,1-2H3,(H,36,37)/b27-18+. The summed E-state index contributed by atoms with van der Waals surface area (Å²) in [6.07, 6.45) is 1.53. The lowest BCUT2D eigenvalue weighted by Gasteiger charge is -2.13. The summed E-state index contributed by atoms with van der Waals surface area (Å²) in [4.78, 5) is 12.8. The average molecular weight is 598 g/mol. The van der Waals surface area contributed by atoms with Crippen LogP contribution in [0.1, 0.15) is 29.2 Å². The Labute approximate surface area is 243 Å². The molecule has 0 heterocycles. The first-order valence-electron chi connectivity index (χ1n) is 12.8. The number of amides is 1. The number of nitrogens with one attached hydrogen (secondary N) is 1. The molecule has 40 heavy (non-hydrogen) atoms. The number of carbonyl (C=O) groups excluding carboxylic acids is 1. The van der Waals surface area contributed by atoms with Gasteiger partial charge in [-0.25, -0.2) is 0 Å². The van der Waals surface area contributed by atoms with Crippen LogP contribution in [0.3, 0.4) is 0 Å². The fourth-order valence-electron chi connectivity index (χ4n) is 3.74. The van der Waals surface area contributed by atoms with Crippen molar-refractivity contribution in [2.45, 2.75) is 27.1 Å². The van der Waals surface area contributed by atoms with Crippen molar-refractivity contribution in [3.63, 3.8) is 0 Å². The molecule has 4 aromatic carbocycles. The maximum Gasteiger partial charge on any atom is 0.266 e. The van der Waals surface area contributed by atoms with Gasteiger partial charge in [-0.1, -0.05) is 64.0 Å². The molecule has 4 aromatic rings. The van der Waals surface area contributed by atoms with Crippen molar-refractivity contribution in [3.05, 3.63) is 123 Å². The highest BCUT2D eigenvalue weighted by molar-refractivity contribution is 9.10. The molecule has 0 bridgehead atoms. The molecule has 0 radical (unpaired) electrons. The Morgan fingerprint density at radius 2 is 1.50 bits per heavy atom. The van der Waals surface area contributed by atoms with Crippen LogP contribution in [0.4, 0.5) is 5.69 Å². The summed E-state index contributed by atoms with van der Waals surface area (Å²) in [6.45, 7) is 5.20. The molecule has 0 aromatic heterocycles. The molecule has 0 fully saturated rings. The van der Waals surface area contributed by atoms with E-state index in [-0.39, 0.29) is 5.57 Å². The van der Waals surface area contributed by atoms with Crippen molar-refractivity contribution >= 4 is 33.6 Å². The Bertz CT molecular complexity index is 1510. The number of nitrogens with zero attached hydrogens (tertiary/aromatic N) is 1. The van der Waals surface area contributed by atoms with Gasteiger partial charge in [0.15, 0.2) is 11.5 Å². The van der Waals surface area contributed by atoms with Crippen molar-refractivity contribution in [3.8, 4) is 23.3 Å². The van der Waals surface area contributed by atoms with Crippen molar-refractivity contribution < 1.29 is 19.0 Å². The fourth-order valence-corrected chi connectivity index (χ4v) is 4.01. The van der Waals surface area contributed by atoms with E-state index in [1.807, 2.05) is 68.4 Å². The Morgan fingerprint density at radius 1 is 0.850 bits per heavy atom. The molecule has 0 atom stereocenters. The highest BCUT2D eigenvalue weighted by atomic mass is 79.9. The zero-order valence-electron chi connectivity index (χ0n) is 22.3. The van der Waals surface area contributed by atoms with E-state index in [0.717, 1.165) is 15.6 Å². The second-order valence-electron chi connectivity index (χ2n) is 8.98. The molecule has 7 heteroatoms. The number of nitriles is 1.